The molecule has 0 bridgehead atoms. The summed E-state index contributed by atoms with van der Waals surface area (Å²) in [6.45, 7) is 1.64. The quantitative estimate of drug-likeness (QED) is 0.457. The van der Waals surface area contributed by atoms with Crippen molar-refractivity contribution in [2.45, 2.75) is 25.0 Å². The molecular weight excluding hydrogens is 154 g/mol. The van der Waals surface area contributed by atoms with E-state index >= 15 is 0 Å². The predicted octanol–water partition coefficient (Wildman–Crippen LogP) is -0.487. The van der Waals surface area contributed by atoms with Gasteiger partial charge in [-0.3, -0.25) is 0 Å². The summed E-state index contributed by atoms with van der Waals surface area (Å²) in [6, 6.07) is 0. The van der Waals surface area contributed by atoms with Crippen molar-refractivity contribution in [3.8, 4) is 0 Å². The lowest BCUT2D eigenvalue weighted by Crippen LogP contribution is -2.24. The number of halogens is 1. The molecule has 1 fully saturated rings. The van der Waals surface area contributed by atoms with Crippen LogP contribution in [-0.2, 0) is 0 Å². The molecule has 3 N–H and O–H groups in total. The molecule has 0 aliphatic carbocycles. The van der Waals surface area contributed by atoms with E-state index in [2.05, 4.69) is 5.32 Å². The smallest absolute Gasteiger partial charge is 0.0811 e. The highest BCUT2D eigenvalue weighted by Crippen LogP contribution is 2.04. The molecule has 0 amide bonds. The molecule has 1 rings (SSSR count). The summed E-state index contributed by atoms with van der Waals surface area (Å²) in [4.78, 5) is 0. The lowest BCUT2D eigenvalue weighted by atomic mass is 10.1. The van der Waals surface area contributed by atoms with Crippen LogP contribution in [0.3, 0.4) is 0 Å². The van der Waals surface area contributed by atoms with Gasteiger partial charge in [0.2, 0.25) is 0 Å². The van der Waals surface area contributed by atoms with Gasteiger partial charge < -0.3 is 15.5 Å². The van der Waals surface area contributed by atoms with E-state index in [1.807, 2.05) is 0 Å². The molecule has 2 atom stereocenters. The van der Waals surface area contributed by atoms with Crippen LogP contribution in [0.4, 0.5) is 0 Å². The third-order valence-corrected chi connectivity index (χ3v) is 1.68. The van der Waals surface area contributed by atoms with E-state index in [0.717, 1.165) is 13.1 Å². The first kappa shape index (κ1) is 10.2. The average Bonchev–Trinajstić information content (AvgIpc) is 1.99. The summed E-state index contributed by atoms with van der Waals surface area (Å²) in [5, 5.41) is 21.2. The first-order valence-electron chi connectivity index (χ1n) is 3.37. The minimum atomic E-state index is -0.514. The molecule has 62 valence electrons. The van der Waals surface area contributed by atoms with E-state index in [4.69, 9.17) is 10.2 Å². The topological polar surface area (TPSA) is 52.5 Å². The average molecular weight is 168 g/mol. The largest absolute Gasteiger partial charge is 0.390 e. The summed E-state index contributed by atoms with van der Waals surface area (Å²) >= 11 is 0. The van der Waals surface area contributed by atoms with Crippen molar-refractivity contribution in [2.24, 2.45) is 0 Å². The fourth-order valence-corrected chi connectivity index (χ4v) is 1.01. The number of hydrogen-bond donors (Lipinski definition) is 3. The Balaban J connectivity index is 0.000000810. The van der Waals surface area contributed by atoms with Gasteiger partial charge in [-0.1, -0.05) is 0 Å². The van der Waals surface area contributed by atoms with Gasteiger partial charge in [-0.2, -0.15) is 0 Å². The van der Waals surface area contributed by atoms with Gasteiger partial charge in [0.15, 0.2) is 0 Å². The van der Waals surface area contributed by atoms with Crippen molar-refractivity contribution in [2.75, 3.05) is 13.1 Å². The maximum atomic E-state index is 9.07. The molecule has 0 spiro atoms. The van der Waals surface area contributed by atoms with Crippen molar-refractivity contribution in [3.63, 3.8) is 0 Å². The van der Waals surface area contributed by atoms with Crippen LogP contribution >= 0.6 is 12.4 Å². The molecule has 0 radical (unpaired) electrons. The molecule has 1 aliphatic heterocycles. The maximum Gasteiger partial charge on any atom is 0.0811 e. The zero-order valence-electron chi connectivity index (χ0n) is 5.79. The standard InChI is InChI=1S/C6H13NO2.ClH/c8-5-1-3-7-4-2-6(5)9;/h5-9H,1-4H2;1H. The Morgan fingerprint density at radius 3 is 1.80 bits per heavy atom. The molecule has 10 heavy (non-hydrogen) atoms. The van der Waals surface area contributed by atoms with Crippen LogP contribution in [0.2, 0.25) is 0 Å². The summed E-state index contributed by atoms with van der Waals surface area (Å²) < 4.78 is 0. The lowest BCUT2D eigenvalue weighted by Gasteiger charge is -2.11. The number of aliphatic hydroxyl groups excluding tert-OH is 2. The molecular formula is C6H14ClNO2. The SMILES string of the molecule is Cl.OC1CCNCCC1O. The maximum absolute atomic E-state index is 9.07. The predicted molar refractivity (Wildman–Crippen MR) is 41.4 cm³/mol. The lowest BCUT2D eigenvalue weighted by molar-refractivity contribution is 0.0187. The second-order valence-electron chi connectivity index (χ2n) is 2.46. The Morgan fingerprint density at radius 1 is 1.00 bits per heavy atom. The second kappa shape index (κ2) is 4.91. The molecule has 0 aromatic heterocycles. The fourth-order valence-electron chi connectivity index (χ4n) is 1.01. The Labute approximate surface area is 66.8 Å². The van der Waals surface area contributed by atoms with Gasteiger partial charge in [0.25, 0.3) is 0 Å². The monoisotopic (exact) mass is 167 g/mol. The molecule has 1 saturated heterocycles. The third kappa shape index (κ3) is 2.84. The van der Waals surface area contributed by atoms with Gasteiger partial charge in [0, 0.05) is 0 Å². The first-order valence-corrected chi connectivity index (χ1v) is 3.37. The van der Waals surface area contributed by atoms with Crippen LogP contribution in [0.1, 0.15) is 12.8 Å². The molecule has 3 nitrogen and oxygen atoms in total. The zero-order valence-corrected chi connectivity index (χ0v) is 6.60. The number of nitrogens with one attached hydrogen (secondary N) is 1. The van der Waals surface area contributed by atoms with E-state index in [-0.39, 0.29) is 12.4 Å². The van der Waals surface area contributed by atoms with E-state index in [1.54, 1.807) is 0 Å². The van der Waals surface area contributed by atoms with Gasteiger partial charge in [0.05, 0.1) is 12.2 Å². The Kier molecular flexibility index (Phi) is 4.99. The zero-order chi connectivity index (χ0) is 6.69. The van der Waals surface area contributed by atoms with Crippen LogP contribution in [0, 0.1) is 0 Å². The van der Waals surface area contributed by atoms with E-state index in [1.165, 1.54) is 0 Å². The van der Waals surface area contributed by atoms with Gasteiger partial charge >= 0.3 is 0 Å². The van der Waals surface area contributed by atoms with E-state index in [0.29, 0.717) is 12.8 Å². The molecule has 1 aliphatic rings. The highest BCUT2D eigenvalue weighted by Gasteiger charge is 2.17. The third-order valence-electron chi connectivity index (χ3n) is 1.68. The normalized spacial score (nSPS) is 34.2. The summed E-state index contributed by atoms with van der Waals surface area (Å²) in [5.41, 5.74) is 0. The van der Waals surface area contributed by atoms with Gasteiger partial charge in [0.1, 0.15) is 0 Å². The molecule has 2 unspecified atom stereocenters. The van der Waals surface area contributed by atoms with Crippen molar-refractivity contribution < 1.29 is 10.2 Å². The summed E-state index contributed by atoms with van der Waals surface area (Å²) in [6.07, 6.45) is 0.308. The number of hydrogen-bond acceptors (Lipinski definition) is 3. The van der Waals surface area contributed by atoms with Crippen LogP contribution < -0.4 is 5.32 Å². The van der Waals surface area contributed by atoms with E-state index < -0.39 is 12.2 Å². The molecule has 0 aromatic carbocycles. The van der Waals surface area contributed by atoms with Gasteiger partial charge in [-0.15, -0.1) is 12.4 Å². The second-order valence-corrected chi connectivity index (χ2v) is 2.46. The first-order chi connectivity index (χ1) is 4.30. The van der Waals surface area contributed by atoms with Crippen LogP contribution in [0.15, 0.2) is 0 Å². The van der Waals surface area contributed by atoms with Crippen LogP contribution in [-0.4, -0.2) is 35.5 Å². The molecule has 1 heterocycles. The fraction of sp³-hybridized carbons (Fsp3) is 1.00. The van der Waals surface area contributed by atoms with Crippen LogP contribution in [0.5, 0.6) is 0 Å². The summed E-state index contributed by atoms with van der Waals surface area (Å²) in [7, 11) is 0. The molecule has 0 aromatic rings. The Hall–Kier alpha value is 0.170. The highest BCUT2D eigenvalue weighted by molar-refractivity contribution is 5.85. The van der Waals surface area contributed by atoms with Crippen LogP contribution in [0.25, 0.3) is 0 Å². The summed E-state index contributed by atoms with van der Waals surface area (Å²) in [5.74, 6) is 0. The minimum absolute atomic E-state index is 0. The van der Waals surface area contributed by atoms with Crippen molar-refractivity contribution >= 4 is 12.4 Å². The number of aliphatic hydroxyl groups is 2. The molecule has 0 saturated carbocycles. The highest BCUT2D eigenvalue weighted by atomic mass is 35.5. The van der Waals surface area contributed by atoms with Gasteiger partial charge in [-0.25, -0.2) is 0 Å². The van der Waals surface area contributed by atoms with Crippen molar-refractivity contribution in [1.82, 2.24) is 5.32 Å². The Morgan fingerprint density at radius 2 is 1.40 bits per heavy atom. The minimum Gasteiger partial charge on any atom is -0.390 e. The van der Waals surface area contributed by atoms with Crippen molar-refractivity contribution in [1.29, 1.82) is 0 Å². The Bertz CT molecular complexity index is 81.8. The van der Waals surface area contributed by atoms with E-state index in [9.17, 15) is 0 Å². The van der Waals surface area contributed by atoms with Crippen molar-refractivity contribution in [3.05, 3.63) is 0 Å². The molecule has 4 heteroatoms. The van der Waals surface area contributed by atoms with Gasteiger partial charge in [-0.05, 0) is 25.9 Å². The number of rotatable bonds is 0.